The molecule has 0 aromatic carbocycles. The van der Waals surface area contributed by atoms with Crippen LogP contribution in [0.2, 0.25) is 0 Å². The number of nitrogens with one attached hydrogen (secondary N) is 2. The molecule has 13 heavy (non-hydrogen) atoms. The smallest absolute Gasteiger partial charge is 0.142 e. The first-order chi connectivity index (χ1) is 6.36. The van der Waals surface area contributed by atoms with Crippen LogP contribution in [0.1, 0.15) is 0 Å². The zero-order valence-electron chi connectivity index (χ0n) is 7.13. The highest BCUT2D eigenvalue weighted by Crippen LogP contribution is 2.13. The maximum Gasteiger partial charge on any atom is 0.142 e. The Morgan fingerprint density at radius 2 is 2.46 bits per heavy atom. The van der Waals surface area contributed by atoms with Gasteiger partial charge in [0.1, 0.15) is 12.1 Å². The molecule has 1 aromatic rings. The molecular weight excluding hydrogens is 279 g/mol. The van der Waals surface area contributed by atoms with Crippen molar-refractivity contribution >= 4 is 28.4 Å². The number of hydrogen-bond acceptors (Lipinski definition) is 4. The molecule has 1 saturated heterocycles. The first-order valence-electron chi connectivity index (χ1n) is 4.26. The first kappa shape index (κ1) is 9.14. The van der Waals surface area contributed by atoms with Crippen LogP contribution < -0.4 is 10.6 Å². The van der Waals surface area contributed by atoms with Gasteiger partial charge in [-0.2, -0.15) is 0 Å². The Balaban J connectivity index is 1.89. The zero-order chi connectivity index (χ0) is 9.10. The van der Waals surface area contributed by atoms with Crippen molar-refractivity contribution in [1.29, 1.82) is 0 Å². The largest absolute Gasteiger partial charge is 0.369 e. The molecule has 5 heteroatoms. The van der Waals surface area contributed by atoms with Gasteiger partial charge in [-0.1, -0.05) is 0 Å². The van der Waals surface area contributed by atoms with Crippen LogP contribution in [-0.4, -0.2) is 29.6 Å². The summed E-state index contributed by atoms with van der Waals surface area (Å²) < 4.78 is 1.08. The fourth-order valence-electron chi connectivity index (χ4n) is 1.18. The molecule has 0 bridgehead atoms. The average molecular weight is 290 g/mol. The zero-order valence-corrected chi connectivity index (χ0v) is 9.28. The normalized spacial score (nSPS) is 16.7. The number of rotatable bonds is 3. The minimum atomic E-state index is 0.755. The van der Waals surface area contributed by atoms with Crippen LogP contribution in [-0.2, 0) is 0 Å². The third kappa shape index (κ3) is 2.28. The summed E-state index contributed by atoms with van der Waals surface area (Å²) in [7, 11) is 0. The number of aromatic nitrogens is 2. The van der Waals surface area contributed by atoms with Crippen molar-refractivity contribution in [3.05, 3.63) is 16.1 Å². The SMILES string of the molecule is Ic1cncnc1NCC1CNC1. The van der Waals surface area contributed by atoms with E-state index in [1.807, 2.05) is 6.20 Å². The minimum absolute atomic E-state index is 0.755. The Morgan fingerprint density at radius 1 is 1.62 bits per heavy atom. The third-order valence-electron chi connectivity index (χ3n) is 2.09. The maximum absolute atomic E-state index is 4.16. The lowest BCUT2D eigenvalue weighted by molar-refractivity contribution is 0.365. The van der Waals surface area contributed by atoms with E-state index < -0.39 is 0 Å². The van der Waals surface area contributed by atoms with Gasteiger partial charge in [0.05, 0.1) is 3.57 Å². The van der Waals surface area contributed by atoms with E-state index >= 15 is 0 Å². The first-order valence-corrected chi connectivity index (χ1v) is 5.34. The highest BCUT2D eigenvalue weighted by atomic mass is 127. The molecule has 2 heterocycles. The molecule has 2 N–H and O–H groups in total. The van der Waals surface area contributed by atoms with Gasteiger partial charge in [0, 0.05) is 31.7 Å². The number of anilines is 1. The molecule has 1 aliphatic rings. The molecule has 1 fully saturated rings. The number of nitrogens with zero attached hydrogens (tertiary/aromatic N) is 2. The quantitative estimate of drug-likeness (QED) is 0.805. The van der Waals surface area contributed by atoms with E-state index in [4.69, 9.17) is 0 Å². The van der Waals surface area contributed by atoms with Gasteiger partial charge >= 0.3 is 0 Å². The van der Waals surface area contributed by atoms with Gasteiger partial charge in [-0.05, 0) is 22.6 Å². The van der Waals surface area contributed by atoms with Crippen molar-refractivity contribution < 1.29 is 0 Å². The molecule has 70 valence electrons. The molecule has 0 spiro atoms. The van der Waals surface area contributed by atoms with E-state index in [0.29, 0.717) is 0 Å². The van der Waals surface area contributed by atoms with E-state index in [1.54, 1.807) is 6.33 Å². The molecule has 0 atom stereocenters. The van der Waals surface area contributed by atoms with Crippen LogP contribution in [0.25, 0.3) is 0 Å². The molecule has 1 aliphatic heterocycles. The lowest BCUT2D eigenvalue weighted by Gasteiger charge is -2.27. The summed E-state index contributed by atoms with van der Waals surface area (Å²) in [5, 5.41) is 6.55. The highest BCUT2D eigenvalue weighted by Gasteiger charge is 2.16. The predicted octanol–water partition coefficient (Wildman–Crippen LogP) is 0.712. The standard InChI is InChI=1S/C8H11IN4/c9-7-4-11-5-13-8(7)12-3-6-1-10-2-6/h4-6,10H,1-3H2,(H,11,12,13). The van der Waals surface area contributed by atoms with Crippen LogP contribution in [0.5, 0.6) is 0 Å². The Kier molecular flexibility index (Phi) is 2.94. The molecule has 4 nitrogen and oxygen atoms in total. The van der Waals surface area contributed by atoms with Gasteiger partial charge in [-0.15, -0.1) is 0 Å². The predicted molar refractivity (Wildman–Crippen MR) is 59.6 cm³/mol. The summed E-state index contributed by atoms with van der Waals surface area (Å²) in [5.41, 5.74) is 0. The van der Waals surface area contributed by atoms with Crippen LogP contribution in [0, 0.1) is 9.49 Å². The summed E-state index contributed by atoms with van der Waals surface area (Å²) >= 11 is 2.23. The minimum Gasteiger partial charge on any atom is -0.369 e. The third-order valence-corrected chi connectivity index (χ3v) is 2.88. The summed E-state index contributed by atoms with van der Waals surface area (Å²) in [5.74, 6) is 1.70. The second-order valence-corrected chi connectivity index (χ2v) is 4.29. The Labute approximate surface area is 90.7 Å². The van der Waals surface area contributed by atoms with Crippen LogP contribution in [0.4, 0.5) is 5.82 Å². The maximum atomic E-state index is 4.16. The van der Waals surface area contributed by atoms with Crippen molar-refractivity contribution in [2.45, 2.75) is 0 Å². The molecule has 0 amide bonds. The number of hydrogen-bond donors (Lipinski definition) is 2. The van der Waals surface area contributed by atoms with Gasteiger partial charge in [0.15, 0.2) is 0 Å². The molecular formula is C8H11IN4. The van der Waals surface area contributed by atoms with E-state index in [9.17, 15) is 0 Å². The fourth-order valence-corrected chi connectivity index (χ4v) is 1.67. The molecule has 0 saturated carbocycles. The lowest BCUT2D eigenvalue weighted by atomic mass is 10.0. The summed E-state index contributed by atoms with van der Waals surface area (Å²) in [6.45, 7) is 3.24. The van der Waals surface area contributed by atoms with Gasteiger partial charge in [0.2, 0.25) is 0 Å². The summed E-state index contributed by atoms with van der Waals surface area (Å²) in [4.78, 5) is 8.09. The van der Waals surface area contributed by atoms with Gasteiger partial charge in [-0.25, -0.2) is 9.97 Å². The van der Waals surface area contributed by atoms with Crippen molar-refractivity contribution in [1.82, 2.24) is 15.3 Å². The summed E-state index contributed by atoms with van der Waals surface area (Å²) in [6, 6.07) is 0. The Hall–Kier alpha value is -0.430. The molecule has 1 aromatic heterocycles. The Morgan fingerprint density at radius 3 is 3.08 bits per heavy atom. The second kappa shape index (κ2) is 4.19. The van der Waals surface area contributed by atoms with E-state index in [-0.39, 0.29) is 0 Å². The van der Waals surface area contributed by atoms with Gasteiger partial charge in [-0.3, -0.25) is 0 Å². The van der Waals surface area contributed by atoms with Crippen LogP contribution in [0.15, 0.2) is 12.5 Å². The van der Waals surface area contributed by atoms with Gasteiger partial charge < -0.3 is 10.6 Å². The van der Waals surface area contributed by atoms with E-state index in [2.05, 4.69) is 43.2 Å². The monoisotopic (exact) mass is 290 g/mol. The fraction of sp³-hybridized carbons (Fsp3) is 0.500. The topological polar surface area (TPSA) is 49.8 Å². The molecule has 0 aliphatic carbocycles. The van der Waals surface area contributed by atoms with Gasteiger partial charge in [0.25, 0.3) is 0 Å². The van der Waals surface area contributed by atoms with Crippen LogP contribution >= 0.6 is 22.6 Å². The van der Waals surface area contributed by atoms with Crippen LogP contribution in [0.3, 0.4) is 0 Å². The van der Waals surface area contributed by atoms with Crippen molar-refractivity contribution in [2.24, 2.45) is 5.92 Å². The van der Waals surface area contributed by atoms with Crippen molar-refractivity contribution in [3.8, 4) is 0 Å². The van der Waals surface area contributed by atoms with E-state index in [1.165, 1.54) is 0 Å². The van der Waals surface area contributed by atoms with E-state index in [0.717, 1.165) is 34.9 Å². The highest BCUT2D eigenvalue weighted by molar-refractivity contribution is 14.1. The van der Waals surface area contributed by atoms with Crippen molar-refractivity contribution in [2.75, 3.05) is 25.0 Å². The Bertz CT molecular complexity index is 287. The second-order valence-electron chi connectivity index (χ2n) is 3.12. The average Bonchev–Trinajstić information content (AvgIpc) is 2.05. The molecule has 0 radical (unpaired) electrons. The molecule has 2 rings (SSSR count). The molecule has 0 unspecified atom stereocenters. The number of halogens is 1. The summed E-state index contributed by atoms with van der Waals surface area (Å²) in [6.07, 6.45) is 3.39. The van der Waals surface area contributed by atoms with Crippen molar-refractivity contribution in [3.63, 3.8) is 0 Å². The lowest BCUT2D eigenvalue weighted by Crippen LogP contribution is -2.45.